The quantitative estimate of drug-likeness (QED) is 0.458. The predicted octanol–water partition coefficient (Wildman–Crippen LogP) is 6.51. The van der Waals surface area contributed by atoms with Gasteiger partial charge in [0.25, 0.3) is 0 Å². The molecule has 0 bridgehead atoms. The lowest BCUT2D eigenvalue weighted by Crippen LogP contribution is -2.18. The summed E-state index contributed by atoms with van der Waals surface area (Å²) < 4.78 is 70.7. The Labute approximate surface area is 171 Å². The molecule has 1 atom stereocenters. The third kappa shape index (κ3) is 5.16. The number of methoxy groups -OCH3 is 1. The van der Waals surface area contributed by atoms with Crippen LogP contribution in [0.1, 0.15) is 29.7 Å². The van der Waals surface area contributed by atoms with Crippen molar-refractivity contribution in [2.24, 2.45) is 0 Å². The molecule has 0 radical (unpaired) electrons. The molecule has 0 spiro atoms. The minimum absolute atomic E-state index is 0.313. The molecule has 1 N–H and O–H groups in total. The van der Waals surface area contributed by atoms with E-state index in [1.165, 1.54) is 31.4 Å². The number of benzene rings is 3. The van der Waals surface area contributed by atoms with E-state index in [-0.39, 0.29) is 6.04 Å². The number of halogens is 5. The zero-order valence-electron chi connectivity index (χ0n) is 16.4. The first-order valence-electron chi connectivity index (χ1n) is 9.21. The molecule has 0 aliphatic carbocycles. The fourth-order valence-corrected chi connectivity index (χ4v) is 3.14. The molecule has 1 unspecified atom stereocenters. The molecule has 0 aromatic heterocycles. The van der Waals surface area contributed by atoms with Crippen molar-refractivity contribution in [3.63, 3.8) is 0 Å². The van der Waals surface area contributed by atoms with Gasteiger partial charge >= 0.3 is 6.18 Å². The van der Waals surface area contributed by atoms with Crippen LogP contribution in [-0.2, 0) is 12.7 Å². The molecule has 3 rings (SSSR count). The van der Waals surface area contributed by atoms with Gasteiger partial charge in [0.1, 0.15) is 17.4 Å². The first-order chi connectivity index (χ1) is 14.2. The van der Waals surface area contributed by atoms with E-state index in [4.69, 9.17) is 4.74 Å². The number of ether oxygens (including phenoxy) is 1. The van der Waals surface area contributed by atoms with E-state index in [9.17, 15) is 22.0 Å². The van der Waals surface area contributed by atoms with Crippen LogP contribution in [0.4, 0.5) is 22.0 Å². The molecule has 0 aliphatic heterocycles. The van der Waals surface area contributed by atoms with Gasteiger partial charge in [-0.05, 0) is 60.0 Å². The smallest absolute Gasteiger partial charge is 0.416 e. The SMILES string of the molecule is COc1ccc(CNC(C)c2cc(F)cc(F)c2)cc1-c1ccc(C(F)(F)F)cc1. The molecule has 158 valence electrons. The molecule has 2 nitrogen and oxygen atoms in total. The van der Waals surface area contributed by atoms with Gasteiger partial charge in [0.05, 0.1) is 12.7 Å². The molecule has 0 saturated carbocycles. The lowest BCUT2D eigenvalue weighted by molar-refractivity contribution is -0.137. The molecule has 0 fully saturated rings. The van der Waals surface area contributed by atoms with Crippen LogP contribution in [0, 0.1) is 11.6 Å². The Morgan fingerprint density at radius 2 is 1.53 bits per heavy atom. The molecule has 0 saturated heterocycles. The Balaban J connectivity index is 1.80. The van der Waals surface area contributed by atoms with E-state index in [0.29, 0.717) is 29.0 Å². The average molecular weight is 421 g/mol. The maximum atomic E-state index is 13.4. The number of hydrogen-bond acceptors (Lipinski definition) is 2. The van der Waals surface area contributed by atoms with Crippen molar-refractivity contribution in [3.05, 3.63) is 89.0 Å². The van der Waals surface area contributed by atoms with Crippen molar-refractivity contribution in [1.29, 1.82) is 0 Å². The highest BCUT2D eigenvalue weighted by Crippen LogP contribution is 2.34. The first kappa shape index (κ1) is 21.8. The van der Waals surface area contributed by atoms with Gasteiger partial charge in [0.15, 0.2) is 0 Å². The highest BCUT2D eigenvalue weighted by Gasteiger charge is 2.30. The third-order valence-corrected chi connectivity index (χ3v) is 4.78. The molecule has 3 aromatic rings. The average Bonchev–Trinajstić information content (AvgIpc) is 2.70. The Kier molecular flexibility index (Phi) is 6.41. The van der Waals surface area contributed by atoms with Crippen LogP contribution in [0.15, 0.2) is 60.7 Å². The van der Waals surface area contributed by atoms with Crippen molar-refractivity contribution in [2.75, 3.05) is 7.11 Å². The molecule has 0 heterocycles. The number of rotatable bonds is 6. The Morgan fingerprint density at radius 1 is 0.900 bits per heavy atom. The molecule has 3 aromatic carbocycles. The highest BCUT2D eigenvalue weighted by atomic mass is 19.4. The van der Waals surface area contributed by atoms with Crippen molar-refractivity contribution < 1.29 is 26.7 Å². The summed E-state index contributed by atoms with van der Waals surface area (Å²) in [5.74, 6) is -0.765. The number of hydrogen-bond donors (Lipinski definition) is 1. The van der Waals surface area contributed by atoms with E-state index in [1.54, 1.807) is 13.0 Å². The van der Waals surface area contributed by atoms with Crippen LogP contribution in [0.3, 0.4) is 0 Å². The summed E-state index contributed by atoms with van der Waals surface area (Å²) in [5, 5.41) is 3.19. The fourth-order valence-electron chi connectivity index (χ4n) is 3.14. The van der Waals surface area contributed by atoms with Gasteiger partial charge in [-0.3, -0.25) is 0 Å². The van der Waals surface area contributed by atoms with Crippen LogP contribution in [-0.4, -0.2) is 7.11 Å². The topological polar surface area (TPSA) is 21.3 Å². The highest BCUT2D eigenvalue weighted by molar-refractivity contribution is 5.71. The normalized spacial score (nSPS) is 12.6. The van der Waals surface area contributed by atoms with Gasteiger partial charge in [0.2, 0.25) is 0 Å². The summed E-state index contributed by atoms with van der Waals surface area (Å²) >= 11 is 0. The monoisotopic (exact) mass is 421 g/mol. The van der Waals surface area contributed by atoms with E-state index >= 15 is 0 Å². The van der Waals surface area contributed by atoms with E-state index < -0.39 is 23.4 Å². The summed E-state index contributed by atoms with van der Waals surface area (Å²) in [5.41, 5.74) is 1.83. The van der Waals surface area contributed by atoms with Crippen molar-refractivity contribution in [2.45, 2.75) is 25.7 Å². The largest absolute Gasteiger partial charge is 0.496 e. The van der Waals surface area contributed by atoms with Gasteiger partial charge in [-0.1, -0.05) is 18.2 Å². The lowest BCUT2D eigenvalue weighted by Gasteiger charge is -2.16. The van der Waals surface area contributed by atoms with Crippen LogP contribution < -0.4 is 10.1 Å². The van der Waals surface area contributed by atoms with E-state index in [1.807, 2.05) is 12.1 Å². The zero-order chi connectivity index (χ0) is 21.9. The molecule has 0 amide bonds. The van der Waals surface area contributed by atoms with Crippen LogP contribution in [0.5, 0.6) is 5.75 Å². The Bertz CT molecular complexity index is 995. The van der Waals surface area contributed by atoms with E-state index in [0.717, 1.165) is 23.8 Å². The first-order valence-corrected chi connectivity index (χ1v) is 9.21. The molecule has 7 heteroatoms. The summed E-state index contributed by atoms with van der Waals surface area (Å²) in [7, 11) is 1.49. The van der Waals surface area contributed by atoms with Crippen molar-refractivity contribution in [1.82, 2.24) is 5.32 Å². The summed E-state index contributed by atoms with van der Waals surface area (Å²) in [6.45, 7) is 2.17. The van der Waals surface area contributed by atoms with Crippen molar-refractivity contribution in [3.8, 4) is 16.9 Å². The maximum Gasteiger partial charge on any atom is 0.416 e. The maximum absolute atomic E-state index is 13.4. The number of alkyl halides is 3. The minimum Gasteiger partial charge on any atom is -0.496 e. The summed E-state index contributed by atoms with van der Waals surface area (Å²) in [6.07, 6.45) is -4.40. The van der Waals surface area contributed by atoms with Gasteiger partial charge in [-0.15, -0.1) is 0 Å². The second-order valence-electron chi connectivity index (χ2n) is 6.92. The Hall–Kier alpha value is -2.93. The van der Waals surface area contributed by atoms with Gasteiger partial charge in [0, 0.05) is 24.2 Å². The van der Waals surface area contributed by atoms with Crippen LogP contribution in [0.2, 0.25) is 0 Å². The molecular weight excluding hydrogens is 401 g/mol. The van der Waals surface area contributed by atoms with Gasteiger partial charge in [-0.25, -0.2) is 8.78 Å². The van der Waals surface area contributed by atoms with Crippen LogP contribution in [0.25, 0.3) is 11.1 Å². The van der Waals surface area contributed by atoms with Crippen LogP contribution >= 0.6 is 0 Å². The van der Waals surface area contributed by atoms with Crippen molar-refractivity contribution >= 4 is 0 Å². The summed E-state index contributed by atoms with van der Waals surface area (Å²) in [6, 6.07) is 13.3. The Morgan fingerprint density at radius 3 is 2.10 bits per heavy atom. The third-order valence-electron chi connectivity index (χ3n) is 4.78. The molecule has 30 heavy (non-hydrogen) atoms. The predicted molar refractivity (Wildman–Crippen MR) is 105 cm³/mol. The zero-order valence-corrected chi connectivity index (χ0v) is 16.4. The fraction of sp³-hybridized carbons (Fsp3) is 0.217. The van der Waals surface area contributed by atoms with E-state index in [2.05, 4.69) is 5.32 Å². The number of nitrogens with one attached hydrogen (secondary N) is 1. The van der Waals surface area contributed by atoms with Gasteiger partial charge < -0.3 is 10.1 Å². The van der Waals surface area contributed by atoms with Gasteiger partial charge in [-0.2, -0.15) is 13.2 Å². The molecule has 0 aliphatic rings. The second-order valence-corrected chi connectivity index (χ2v) is 6.92. The summed E-state index contributed by atoms with van der Waals surface area (Å²) in [4.78, 5) is 0. The second kappa shape index (κ2) is 8.83. The standard InChI is InChI=1S/C23H20F5NO/c1-14(17-10-19(24)12-20(25)11-17)29-13-15-3-8-22(30-2)21(9-15)16-4-6-18(7-5-16)23(26,27)28/h3-12,14,29H,13H2,1-2H3. The minimum atomic E-state index is -4.40. The molecular formula is C23H20F5NO. The lowest BCUT2D eigenvalue weighted by atomic mass is 10.00.